The molecule has 0 bridgehead atoms. The standard InChI is InChI=1S/B.Bi.Co.V.Zn.3H. The van der Waals surface area contributed by atoms with E-state index < -0.39 is 0 Å². The van der Waals surface area contributed by atoms with Crippen LogP contribution in [0.4, 0.5) is 0 Å². The Morgan fingerprint density at radius 1 is 1.00 bits per heavy atom. The third-order valence-corrected chi connectivity index (χ3v) is 0. The molecular weight excluding hydrogens is 395 g/mol. The molecule has 5 heteroatoms. The summed E-state index contributed by atoms with van der Waals surface area (Å²) in [6.45, 7) is 0. The first kappa shape index (κ1) is 48.0. The van der Waals surface area contributed by atoms with Crippen LogP contribution in [-0.2, 0) is 54.8 Å². The molecule has 0 saturated heterocycles. The minimum absolute atomic E-state index is 0. The van der Waals surface area contributed by atoms with Gasteiger partial charge in [0.25, 0.3) is 0 Å². The van der Waals surface area contributed by atoms with Crippen molar-refractivity contribution in [1.82, 2.24) is 0 Å². The Kier molecular flexibility index (Phi) is 289. The van der Waals surface area contributed by atoms with E-state index in [2.05, 4.69) is 0 Å². The Hall–Kier alpha value is 2.66. The molecule has 0 aliphatic rings. The maximum atomic E-state index is 0. The first-order valence-electron chi connectivity index (χ1n) is 0. The molecule has 27 valence electrons. The van der Waals surface area contributed by atoms with Gasteiger partial charge in [0.15, 0.2) is 0 Å². The van der Waals surface area contributed by atoms with Crippen LogP contribution in [0, 0.1) is 0 Å². The van der Waals surface area contributed by atoms with E-state index >= 15 is 0 Å². The van der Waals surface area contributed by atoms with Crippen molar-refractivity contribution in [3.05, 3.63) is 0 Å². The smallest absolute Gasteiger partial charge is 0 e. The fourth-order valence-electron chi connectivity index (χ4n) is 0. The van der Waals surface area contributed by atoms with Gasteiger partial charge in [-0.05, 0) is 0 Å². The summed E-state index contributed by atoms with van der Waals surface area (Å²) in [4.78, 5) is 0. The summed E-state index contributed by atoms with van der Waals surface area (Å²) < 4.78 is 0. The second-order valence-electron chi connectivity index (χ2n) is 0. The SMILES string of the molecule is [B].[BiH3].[Co].[V].[Zn]. The predicted octanol–water partition coefficient (Wildman–Crippen LogP) is -1.57. The molecule has 0 amide bonds. The normalized spacial score (nSPS) is 0. The molecule has 0 aliphatic carbocycles. The van der Waals surface area contributed by atoms with E-state index in [0.717, 1.165) is 0 Å². The van der Waals surface area contributed by atoms with Crippen molar-refractivity contribution in [3.63, 3.8) is 0 Å². The van der Waals surface area contributed by atoms with Crippen LogP contribution in [-0.4, -0.2) is 34.6 Å². The van der Waals surface area contributed by atoms with Crippen LogP contribution in [0.2, 0.25) is 0 Å². The maximum absolute atomic E-state index is 0. The number of hydrogen-bond acceptors (Lipinski definition) is 0. The molecule has 0 rings (SSSR count). The van der Waals surface area contributed by atoms with Crippen LogP contribution in [0.1, 0.15) is 0 Å². The van der Waals surface area contributed by atoms with E-state index in [1.807, 2.05) is 0 Å². The molecule has 0 unspecified atom stereocenters. The van der Waals surface area contributed by atoms with E-state index in [1.165, 1.54) is 0 Å². The summed E-state index contributed by atoms with van der Waals surface area (Å²) in [5.74, 6) is 0. The zero-order chi connectivity index (χ0) is 0. The van der Waals surface area contributed by atoms with Gasteiger partial charge < -0.3 is 0 Å². The molecule has 0 N–H and O–H groups in total. The Bertz CT molecular complexity index is 11.6. The molecule has 0 atom stereocenters. The van der Waals surface area contributed by atoms with Gasteiger partial charge in [0, 0.05) is 63.2 Å². The largest absolute Gasteiger partial charge is 0 e. The Balaban J connectivity index is 0. The van der Waals surface area contributed by atoms with E-state index in [9.17, 15) is 0 Å². The number of rotatable bonds is 0. The molecule has 0 aromatic heterocycles. The summed E-state index contributed by atoms with van der Waals surface area (Å²) in [5, 5.41) is 0. The second-order valence-corrected chi connectivity index (χ2v) is 0. The molecule has 5 radical (unpaired) electrons. The molecule has 0 aromatic carbocycles. The average molecular weight is 398 g/mol. The summed E-state index contributed by atoms with van der Waals surface area (Å²) >= 11 is 0. The average Bonchev–Trinajstić information content (AvgIpc) is 0. The molecule has 0 aliphatic heterocycles. The van der Waals surface area contributed by atoms with Crippen LogP contribution >= 0.6 is 0 Å². The van der Waals surface area contributed by atoms with Crippen molar-refractivity contribution in [2.75, 3.05) is 0 Å². The third-order valence-electron chi connectivity index (χ3n) is 0. The van der Waals surface area contributed by atoms with Crippen molar-refractivity contribution in [1.29, 1.82) is 0 Å². The van der Waals surface area contributed by atoms with Crippen LogP contribution < -0.4 is 0 Å². The topological polar surface area (TPSA) is 0 Å². The minimum Gasteiger partial charge on any atom is 0 e. The van der Waals surface area contributed by atoms with Crippen molar-refractivity contribution >= 4 is 34.6 Å². The zero-order valence-corrected chi connectivity index (χ0v) is 13.7. The van der Waals surface area contributed by atoms with E-state index in [0.29, 0.717) is 0 Å². The molecule has 0 nitrogen and oxygen atoms in total. The Morgan fingerprint density at radius 2 is 1.00 bits per heavy atom. The predicted molar refractivity (Wildman–Crippen MR) is 15.7 cm³/mol. The molecule has 0 spiro atoms. The quantitative estimate of drug-likeness (QED) is 0.433. The van der Waals surface area contributed by atoms with Gasteiger partial charge >= 0.3 is 26.2 Å². The van der Waals surface area contributed by atoms with E-state index in [4.69, 9.17) is 0 Å². The van der Waals surface area contributed by atoms with Crippen LogP contribution in [0.5, 0.6) is 0 Å². The first-order valence-corrected chi connectivity index (χ1v) is 0. The van der Waals surface area contributed by atoms with Crippen molar-refractivity contribution in [3.8, 4) is 0 Å². The molecule has 0 saturated carbocycles. The van der Waals surface area contributed by atoms with Crippen molar-refractivity contribution in [2.45, 2.75) is 0 Å². The van der Waals surface area contributed by atoms with Gasteiger partial charge in [-0.25, -0.2) is 0 Å². The summed E-state index contributed by atoms with van der Waals surface area (Å²) in [6, 6.07) is 0. The van der Waals surface area contributed by atoms with Gasteiger partial charge in [-0.3, -0.25) is 0 Å². The van der Waals surface area contributed by atoms with Gasteiger partial charge in [-0.15, -0.1) is 0 Å². The zero-order valence-electron chi connectivity index (χ0n) is 2.77. The fraction of sp³-hybridized carbons (Fsp3) is 0. The third kappa shape index (κ3) is 20.4. The fourth-order valence-corrected chi connectivity index (χ4v) is 0. The minimum atomic E-state index is 0. The van der Waals surface area contributed by atoms with E-state index in [1.54, 1.807) is 0 Å². The molecule has 0 fully saturated rings. The van der Waals surface area contributed by atoms with Gasteiger partial charge in [-0.2, -0.15) is 0 Å². The van der Waals surface area contributed by atoms with Gasteiger partial charge in [0.1, 0.15) is 0 Å². The van der Waals surface area contributed by atoms with Crippen LogP contribution in [0.15, 0.2) is 0 Å². The van der Waals surface area contributed by atoms with E-state index in [-0.39, 0.29) is 89.4 Å². The summed E-state index contributed by atoms with van der Waals surface area (Å²) in [6.07, 6.45) is 0. The van der Waals surface area contributed by atoms with Gasteiger partial charge in [0.05, 0.1) is 0 Å². The summed E-state index contributed by atoms with van der Waals surface area (Å²) in [7, 11) is 0. The van der Waals surface area contributed by atoms with Crippen molar-refractivity contribution < 1.29 is 54.8 Å². The van der Waals surface area contributed by atoms with Crippen LogP contribution in [0.25, 0.3) is 0 Å². The van der Waals surface area contributed by atoms with Crippen molar-refractivity contribution in [2.24, 2.45) is 0 Å². The molecule has 5 heavy (non-hydrogen) atoms. The molecular formula is H3BBiCoVZn. The summed E-state index contributed by atoms with van der Waals surface area (Å²) in [5.41, 5.74) is 0. The number of hydrogen-bond donors (Lipinski definition) is 0. The first-order chi connectivity index (χ1) is 0. The van der Waals surface area contributed by atoms with Crippen LogP contribution in [0.3, 0.4) is 0 Å². The van der Waals surface area contributed by atoms with Gasteiger partial charge in [-0.1, -0.05) is 0 Å². The monoisotopic (exact) mass is 397 g/mol. The molecule has 0 aromatic rings. The maximum Gasteiger partial charge on any atom is 0 e. The molecule has 0 heterocycles. The Morgan fingerprint density at radius 3 is 1.00 bits per heavy atom. The second kappa shape index (κ2) is 30.1. The Labute approximate surface area is 88.2 Å². The van der Waals surface area contributed by atoms with Gasteiger partial charge in [0.2, 0.25) is 0 Å².